The minimum atomic E-state index is 0.0955. The number of rotatable bonds is 2. The van der Waals surface area contributed by atoms with Crippen LogP contribution in [0.2, 0.25) is 0 Å². The van der Waals surface area contributed by atoms with Crippen molar-refractivity contribution in [2.75, 3.05) is 0 Å². The Hall–Kier alpha value is -1.37. The first-order valence-corrected chi connectivity index (χ1v) is 4.40. The van der Waals surface area contributed by atoms with E-state index in [1.54, 1.807) is 12.2 Å². The van der Waals surface area contributed by atoms with Crippen LogP contribution in [-0.4, -0.2) is 5.78 Å². The monoisotopic (exact) mass is 174 g/mol. The third kappa shape index (κ3) is 2.05. The molecule has 1 aromatic carbocycles. The molecule has 0 aliphatic rings. The van der Waals surface area contributed by atoms with E-state index in [1.165, 1.54) is 0 Å². The van der Waals surface area contributed by atoms with Crippen molar-refractivity contribution in [2.24, 2.45) is 0 Å². The Morgan fingerprint density at radius 1 is 1.23 bits per heavy atom. The first kappa shape index (κ1) is 9.72. The molecule has 0 aromatic heterocycles. The summed E-state index contributed by atoms with van der Waals surface area (Å²) in [6.07, 6.45) is 3.38. The first-order chi connectivity index (χ1) is 6.16. The van der Waals surface area contributed by atoms with Crippen molar-refractivity contribution >= 4 is 5.78 Å². The number of carbonyl (C=O) groups excluding carboxylic acids is 1. The lowest BCUT2D eigenvalue weighted by molar-refractivity contribution is 0.104. The minimum Gasteiger partial charge on any atom is -0.289 e. The van der Waals surface area contributed by atoms with Gasteiger partial charge in [0.25, 0.3) is 0 Å². The van der Waals surface area contributed by atoms with Crippen LogP contribution < -0.4 is 0 Å². The van der Waals surface area contributed by atoms with Crippen LogP contribution in [0.15, 0.2) is 30.4 Å². The Balaban J connectivity index is 3.20. The minimum absolute atomic E-state index is 0.0955. The first-order valence-electron chi connectivity index (χ1n) is 4.40. The SMILES string of the molecule is CC=CC(=O)c1c(C)cccc1C. The molecule has 0 aliphatic carbocycles. The molecule has 1 aromatic rings. The Kier molecular flexibility index (Phi) is 3.02. The molecule has 0 bridgehead atoms. The number of benzene rings is 1. The van der Waals surface area contributed by atoms with E-state index in [0.29, 0.717) is 0 Å². The van der Waals surface area contributed by atoms with E-state index in [2.05, 4.69) is 0 Å². The van der Waals surface area contributed by atoms with E-state index in [9.17, 15) is 4.79 Å². The van der Waals surface area contributed by atoms with Crippen molar-refractivity contribution in [3.8, 4) is 0 Å². The summed E-state index contributed by atoms with van der Waals surface area (Å²) in [5.41, 5.74) is 2.92. The molecule has 1 rings (SSSR count). The summed E-state index contributed by atoms with van der Waals surface area (Å²) in [5, 5.41) is 0. The molecule has 0 fully saturated rings. The molecule has 13 heavy (non-hydrogen) atoms. The average molecular weight is 174 g/mol. The fraction of sp³-hybridized carbons (Fsp3) is 0.250. The highest BCUT2D eigenvalue weighted by atomic mass is 16.1. The Bertz CT molecular complexity index is 328. The predicted octanol–water partition coefficient (Wildman–Crippen LogP) is 3.06. The molecule has 1 nitrogen and oxygen atoms in total. The maximum atomic E-state index is 11.6. The molecular weight excluding hydrogens is 160 g/mol. The lowest BCUT2D eigenvalue weighted by Gasteiger charge is -2.04. The number of hydrogen-bond acceptors (Lipinski definition) is 1. The molecule has 0 atom stereocenters. The number of carbonyl (C=O) groups is 1. The molecule has 0 saturated heterocycles. The van der Waals surface area contributed by atoms with Gasteiger partial charge in [-0.15, -0.1) is 0 Å². The molecule has 0 N–H and O–H groups in total. The smallest absolute Gasteiger partial charge is 0.186 e. The summed E-state index contributed by atoms with van der Waals surface area (Å²) >= 11 is 0. The number of aryl methyl sites for hydroxylation is 2. The van der Waals surface area contributed by atoms with Crippen LogP contribution in [0.4, 0.5) is 0 Å². The van der Waals surface area contributed by atoms with Gasteiger partial charge in [-0.3, -0.25) is 4.79 Å². The fourth-order valence-corrected chi connectivity index (χ4v) is 1.44. The molecule has 0 heterocycles. The maximum Gasteiger partial charge on any atom is 0.186 e. The molecule has 0 saturated carbocycles. The second kappa shape index (κ2) is 4.04. The van der Waals surface area contributed by atoms with Gasteiger partial charge < -0.3 is 0 Å². The summed E-state index contributed by atoms with van der Waals surface area (Å²) in [6, 6.07) is 5.89. The third-order valence-electron chi connectivity index (χ3n) is 2.05. The molecule has 0 aliphatic heterocycles. The molecule has 0 spiro atoms. The van der Waals surface area contributed by atoms with E-state index < -0.39 is 0 Å². The maximum absolute atomic E-state index is 11.6. The summed E-state index contributed by atoms with van der Waals surface area (Å²) in [6.45, 7) is 5.78. The van der Waals surface area contributed by atoms with Crippen molar-refractivity contribution in [3.63, 3.8) is 0 Å². The van der Waals surface area contributed by atoms with Crippen molar-refractivity contribution < 1.29 is 4.79 Å². The number of hydrogen-bond donors (Lipinski definition) is 0. The zero-order chi connectivity index (χ0) is 9.84. The topological polar surface area (TPSA) is 17.1 Å². The van der Waals surface area contributed by atoms with E-state index in [4.69, 9.17) is 0 Å². The van der Waals surface area contributed by atoms with Gasteiger partial charge in [0.1, 0.15) is 0 Å². The lowest BCUT2D eigenvalue weighted by atomic mass is 9.99. The largest absolute Gasteiger partial charge is 0.289 e. The second-order valence-corrected chi connectivity index (χ2v) is 3.13. The van der Waals surface area contributed by atoms with Gasteiger partial charge in [0, 0.05) is 5.56 Å². The second-order valence-electron chi connectivity index (χ2n) is 3.13. The summed E-state index contributed by atoms with van der Waals surface area (Å²) in [5.74, 6) is 0.0955. The van der Waals surface area contributed by atoms with Gasteiger partial charge in [0.05, 0.1) is 0 Å². The van der Waals surface area contributed by atoms with Gasteiger partial charge in [0.2, 0.25) is 0 Å². The molecule has 0 amide bonds. The Morgan fingerprint density at radius 2 is 1.77 bits per heavy atom. The Labute approximate surface area is 79.1 Å². The van der Waals surface area contributed by atoms with Gasteiger partial charge in [-0.1, -0.05) is 24.3 Å². The Morgan fingerprint density at radius 3 is 2.23 bits per heavy atom. The molecular formula is C12H14O. The van der Waals surface area contributed by atoms with Crippen LogP contribution in [-0.2, 0) is 0 Å². The van der Waals surface area contributed by atoms with Crippen LogP contribution >= 0.6 is 0 Å². The summed E-state index contributed by atoms with van der Waals surface area (Å²) in [7, 11) is 0. The van der Waals surface area contributed by atoms with E-state index in [0.717, 1.165) is 16.7 Å². The van der Waals surface area contributed by atoms with Crippen LogP contribution in [0.3, 0.4) is 0 Å². The van der Waals surface area contributed by atoms with Crippen LogP contribution in [0.25, 0.3) is 0 Å². The van der Waals surface area contributed by atoms with Crippen molar-refractivity contribution in [3.05, 3.63) is 47.0 Å². The zero-order valence-corrected chi connectivity index (χ0v) is 8.29. The van der Waals surface area contributed by atoms with Gasteiger partial charge in [-0.05, 0) is 38.0 Å². The average Bonchev–Trinajstić information content (AvgIpc) is 2.04. The zero-order valence-electron chi connectivity index (χ0n) is 8.29. The van der Waals surface area contributed by atoms with Crippen LogP contribution in [0.1, 0.15) is 28.4 Å². The van der Waals surface area contributed by atoms with Crippen molar-refractivity contribution in [2.45, 2.75) is 20.8 Å². The normalized spacial score (nSPS) is 10.7. The van der Waals surface area contributed by atoms with Gasteiger partial charge in [0.15, 0.2) is 5.78 Å². The molecule has 0 unspecified atom stereocenters. The van der Waals surface area contributed by atoms with Gasteiger partial charge in [-0.2, -0.15) is 0 Å². The quantitative estimate of drug-likeness (QED) is 0.497. The van der Waals surface area contributed by atoms with Crippen molar-refractivity contribution in [1.82, 2.24) is 0 Å². The highest BCUT2D eigenvalue weighted by molar-refractivity contribution is 6.06. The third-order valence-corrected chi connectivity index (χ3v) is 2.05. The standard InChI is InChI=1S/C12H14O/c1-4-6-11(13)12-9(2)7-5-8-10(12)3/h4-8H,1-3H3. The fourth-order valence-electron chi connectivity index (χ4n) is 1.44. The van der Waals surface area contributed by atoms with Crippen LogP contribution in [0.5, 0.6) is 0 Å². The highest BCUT2D eigenvalue weighted by Crippen LogP contribution is 2.14. The van der Waals surface area contributed by atoms with Crippen molar-refractivity contribution in [1.29, 1.82) is 0 Å². The predicted molar refractivity (Wildman–Crippen MR) is 55.1 cm³/mol. The van der Waals surface area contributed by atoms with Crippen LogP contribution in [0, 0.1) is 13.8 Å². The summed E-state index contributed by atoms with van der Waals surface area (Å²) in [4.78, 5) is 11.6. The molecule has 0 radical (unpaired) electrons. The highest BCUT2D eigenvalue weighted by Gasteiger charge is 2.07. The molecule has 1 heteroatoms. The van der Waals surface area contributed by atoms with E-state index in [1.807, 2.05) is 39.0 Å². The van der Waals surface area contributed by atoms with Gasteiger partial charge >= 0.3 is 0 Å². The number of ketones is 1. The van der Waals surface area contributed by atoms with Gasteiger partial charge in [-0.25, -0.2) is 0 Å². The lowest BCUT2D eigenvalue weighted by Crippen LogP contribution is -2.00. The molecule has 68 valence electrons. The van der Waals surface area contributed by atoms with E-state index >= 15 is 0 Å². The number of allylic oxidation sites excluding steroid dienone is 2. The summed E-state index contributed by atoms with van der Waals surface area (Å²) < 4.78 is 0. The van der Waals surface area contributed by atoms with E-state index in [-0.39, 0.29) is 5.78 Å².